The van der Waals surface area contributed by atoms with E-state index in [1.54, 1.807) is 0 Å². The Morgan fingerprint density at radius 1 is 0.968 bits per heavy atom. The zero-order valence-corrected chi connectivity index (χ0v) is 17.1. The van der Waals surface area contributed by atoms with E-state index in [0.717, 1.165) is 12.1 Å². The van der Waals surface area contributed by atoms with E-state index in [9.17, 15) is 31.1 Å². The number of alkyl halides is 6. The molecule has 0 spiro atoms. The lowest BCUT2D eigenvalue weighted by molar-refractivity contribution is -0.137. The number of unbranched alkanes of at least 4 members (excludes halogenated alkanes) is 1. The van der Waals surface area contributed by atoms with Crippen molar-refractivity contribution in [2.45, 2.75) is 38.2 Å². The molecule has 0 fully saturated rings. The van der Waals surface area contributed by atoms with Crippen molar-refractivity contribution in [2.75, 3.05) is 0 Å². The fourth-order valence-corrected chi connectivity index (χ4v) is 3.61. The lowest BCUT2D eigenvalue weighted by atomic mass is 10.1. The molecule has 2 aromatic carbocycles. The summed E-state index contributed by atoms with van der Waals surface area (Å²) in [6.07, 6.45) is -10.1. The molecule has 1 heterocycles. The standard InChI is InChI=1S/C20H14Cl2F6N2O/c21-11-6-7-12-15(10-11)30(9-2-1-8-19(23,24)25)29-17(18(12)31)13-4-3-5-14(16(13)22)20(26,27)28/h3-7,10H,1-2,8-9H2. The summed E-state index contributed by atoms with van der Waals surface area (Å²) in [6.45, 7) is -0.00319. The van der Waals surface area contributed by atoms with Crippen LogP contribution in [0.2, 0.25) is 10.0 Å². The van der Waals surface area contributed by atoms with Crippen LogP contribution in [0.1, 0.15) is 24.8 Å². The number of benzene rings is 2. The third-order valence-corrected chi connectivity index (χ3v) is 5.20. The van der Waals surface area contributed by atoms with Gasteiger partial charge in [0, 0.05) is 28.9 Å². The summed E-state index contributed by atoms with van der Waals surface area (Å²) in [5, 5.41) is 3.83. The van der Waals surface area contributed by atoms with Crippen molar-refractivity contribution < 1.29 is 26.3 Å². The van der Waals surface area contributed by atoms with Crippen LogP contribution in [-0.2, 0) is 12.7 Å². The molecule has 11 heteroatoms. The van der Waals surface area contributed by atoms with Gasteiger partial charge in [0.15, 0.2) is 0 Å². The normalized spacial score (nSPS) is 12.5. The summed E-state index contributed by atoms with van der Waals surface area (Å²) in [6, 6.07) is 7.35. The highest BCUT2D eigenvalue weighted by Crippen LogP contribution is 2.39. The summed E-state index contributed by atoms with van der Waals surface area (Å²) >= 11 is 11.9. The summed E-state index contributed by atoms with van der Waals surface area (Å²) in [5.74, 6) is 0. The van der Waals surface area contributed by atoms with Crippen molar-refractivity contribution >= 4 is 34.1 Å². The summed E-state index contributed by atoms with van der Waals surface area (Å²) in [5.41, 5.74) is -2.08. The average molecular weight is 483 g/mol. The molecule has 0 amide bonds. The first kappa shape index (κ1) is 23.4. The van der Waals surface area contributed by atoms with E-state index in [2.05, 4.69) is 5.10 Å². The maximum Gasteiger partial charge on any atom is 0.417 e. The molecule has 166 valence electrons. The average Bonchev–Trinajstić information content (AvgIpc) is 2.65. The van der Waals surface area contributed by atoms with Crippen LogP contribution in [0.3, 0.4) is 0 Å². The molecule has 3 aromatic rings. The maximum atomic E-state index is 13.2. The molecule has 31 heavy (non-hydrogen) atoms. The quantitative estimate of drug-likeness (QED) is 0.286. The molecular weight excluding hydrogens is 469 g/mol. The van der Waals surface area contributed by atoms with Gasteiger partial charge in [-0.2, -0.15) is 31.4 Å². The molecule has 0 bridgehead atoms. The van der Waals surface area contributed by atoms with Crippen LogP contribution < -0.4 is 5.43 Å². The van der Waals surface area contributed by atoms with Gasteiger partial charge in [-0.3, -0.25) is 9.48 Å². The van der Waals surface area contributed by atoms with E-state index in [1.165, 1.54) is 28.9 Å². The summed E-state index contributed by atoms with van der Waals surface area (Å²) in [7, 11) is 0. The van der Waals surface area contributed by atoms with E-state index in [4.69, 9.17) is 23.2 Å². The monoisotopic (exact) mass is 482 g/mol. The lowest BCUT2D eigenvalue weighted by Crippen LogP contribution is -2.18. The first-order chi connectivity index (χ1) is 14.4. The highest BCUT2D eigenvalue weighted by Gasteiger charge is 2.34. The molecule has 0 saturated carbocycles. The highest BCUT2D eigenvalue weighted by atomic mass is 35.5. The molecule has 3 rings (SSSR count). The van der Waals surface area contributed by atoms with Crippen molar-refractivity contribution in [1.82, 2.24) is 9.78 Å². The number of rotatable bonds is 5. The third-order valence-electron chi connectivity index (χ3n) is 4.56. The van der Waals surface area contributed by atoms with Gasteiger partial charge in [0.25, 0.3) is 0 Å². The van der Waals surface area contributed by atoms with E-state index >= 15 is 0 Å². The van der Waals surface area contributed by atoms with Gasteiger partial charge < -0.3 is 0 Å². The second-order valence-electron chi connectivity index (χ2n) is 6.80. The number of hydrogen-bond acceptors (Lipinski definition) is 2. The molecule has 1 aromatic heterocycles. The minimum Gasteiger partial charge on any atom is -0.287 e. The Balaban J connectivity index is 2.13. The Labute approximate surface area is 182 Å². The largest absolute Gasteiger partial charge is 0.417 e. The van der Waals surface area contributed by atoms with Gasteiger partial charge in [-0.05, 0) is 37.1 Å². The zero-order valence-electron chi connectivity index (χ0n) is 15.6. The van der Waals surface area contributed by atoms with Crippen LogP contribution >= 0.6 is 23.2 Å². The SMILES string of the molecule is O=c1c(-c2cccc(C(F)(F)F)c2Cl)nn(CCCCC(F)(F)F)c2cc(Cl)ccc12. The van der Waals surface area contributed by atoms with Gasteiger partial charge in [-0.15, -0.1) is 0 Å². The number of aryl methyl sites for hydroxylation is 1. The van der Waals surface area contributed by atoms with Crippen molar-refractivity contribution in [3.8, 4) is 11.3 Å². The first-order valence-electron chi connectivity index (χ1n) is 9.02. The first-order valence-corrected chi connectivity index (χ1v) is 9.77. The van der Waals surface area contributed by atoms with Crippen LogP contribution in [0.15, 0.2) is 41.2 Å². The van der Waals surface area contributed by atoms with Gasteiger partial charge in [0.2, 0.25) is 5.43 Å². The second-order valence-corrected chi connectivity index (χ2v) is 7.61. The van der Waals surface area contributed by atoms with E-state index in [-0.39, 0.29) is 46.6 Å². The Morgan fingerprint density at radius 3 is 2.32 bits per heavy atom. The predicted molar refractivity (Wildman–Crippen MR) is 106 cm³/mol. The predicted octanol–water partition coefficient (Wildman–Crippen LogP) is 7.12. The van der Waals surface area contributed by atoms with Crippen LogP contribution in [0.5, 0.6) is 0 Å². The fourth-order valence-electron chi connectivity index (χ4n) is 3.13. The zero-order chi connectivity index (χ0) is 23.0. The molecule has 0 N–H and O–H groups in total. The lowest BCUT2D eigenvalue weighted by Gasteiger charge is -2.15. The van der Waals surface area contributed by atoms with Crippen LogP contribution in [0, 0.1) is 0 Å². The van der Waals surface area contributed by atoms with Crippen molar-refractivity contribution in [3.63, 3.8) is 0 Å². The Bertz CT molecular complexity index is 1170. The number of nitrogens with zero attached hydrogens (tertiary/aromatic N) is 2. The second kappa shape index (κ2) is 8.70. The van der Waals surface area contributed by atoms with Crippen LogP contribution in [0.25, 0.3) is 22.2 Å². The van der Waals surface area contributed by atoms with Gasteiger partial charge in [-0.1, -0.05) is 35.3 Å². The maximum absolute atomic E-state index is 13.2. The van der Waals surface area contributed by atoms with Gasteiger partial charge in [-0.25, -0.2) is 0 Å². The number of hydrogen-bond donors (Lipinski definition) is 0. The van der Waals surface area contributed by atoms with Gasteiger partial charge >= 0.3 is 12.4 Å². The number of fused-ring (bicyclic) bond motifs is 1. The van der Waals surface area contributed by atoms with Gasteiger partial charge in [0.1, 0.15) is 5.69 Å². The Hall–Kier alpha value is -2.26. The van der Waals surface area contributed by atoms with Crippen LogP contribution in [-0.4, -0.2) is 16.0 Å². The molecule has 0 aliphatic rings. The third kappa shape index (κ3) is 5.33. The highest BCUT2D eigenvalue weighted by molar-refractivity contribution is 6.34. The van der Waals surface area contributed by atoms with E-state index in [1.807, 2.05) is 0 Å². The minimum absolute atomic E-state index is 0.00319. The number of halogens is 8. The minimum atomic E-state index is -4.74. The van der Waals surface area contributed by atoms with Crippen molar-refractivity contribution in [1.29, 1.82) is 0 Å². The molecule has 0 unspecified atom stereocenters. The Morgan fingerprint density at radius 2 is 1.68 bits per heavy atom. The number of aromatic nitrogens is 2. The smallest absolute Gasteiger partial charge is 0.287 e. The van der Waals surface area contributed by atoms with Crippen molar-refractivity contribution in [2.24, 2.45) is 0 Å². The summed E-state index contributed by atoms with van der Waals surface area (Å²) in [4.78, 5) is 13.0. The van der Waals surface area contributed by atoms with E-state index in [0.29, 0.717) is 0 Å². The molecule has 3 nitrogen and oxygen atoms in total. The molecular formula is C20H14Cl2F6N2O. The summed E-state index contributed by atoms with van der Waals surface area (Å²) < 4.78 is 78.2. The van der Waals surface area contributed by atoms with Crippen molar-refractivity contribution in [3.05, 3.63) is 62.2 Å². The topological polar surface area (TPSA) is 34.9 Å². The van der Waals surface area contributed by atoms with E-state index < -0.39 is 34.8 Å². The molecule has 0 atom stereocenters. The Kier molecular flexibility index (Phi) is 6.57. The fraction of sp³-hybridized carbons (Fsp3) is 0.300. The van der Waals surface area contributed by atoms with Crippen LogP contribution in [0.4, 0.5) is 26.3 Å². The molecule has 0 saturated heterocycles. The molecule has 0 radical (unpaired) electrons. The van der Waals surface area contributed by atoms with Gasteiger partial charge in [0.05, 0.1) is 16.1 Å². The molecule has 0 aliphatic carbocycles. The molecule has 0 aliphatic heterocycles.